The number of rotatable bonds is 4. The first-order valence-electron chi connectivity index (χ1n) is 3.27. The zero-order valence-corrected chi connectivity index (χ0v) is 7.02. The minimum Gasteiger partial charge on any atom is -0.382 e. The average molecular weight is 145 g/mol. The van der Waals surface area contributed by atoms with E-state index in [0.29, 0.717) is 6.10 Å². The fraction of sp³-hybridized carbons (Fsp3) is 1.00. The maximum atomic E-state index is 5.34. The van der Waals surface area contributed by atoms with Crippen molar-refractivity contribution in [1.82, 2.24) is 0 Å². The summed E-state index contributed by atoms with van der Waals surface area (Å²) in [6, 6.07) is 0. The molecule has 53 valence electrons. The summed E-state index contributed by atoms with van der Waals surface area (Å²) in [5, 5.41) is 0. The van der Waals surface area contributed by atoms with Crippen LogP contribution in [0.15, 0.2) is 0 Å². The van der Waals surface area contributed by atoms with Gasteiger partial charge in [-0.25, -0.2) is 0 Å². The predicted octanol–water partition coefficient (Wildman–Crippen LogP) is 0.695. The fourth-order valence-electron chi connectivity index (χ4n) is 0.559. The molecule has 0 amide bonds. The van der Waals surface area contributed by atoms with Gasteiger partial charge in [0.2, 0.25) is 0 Å². The first-order chi connectivity index (χ1) is 4.29. The Morgan fingerprint density at radius 1 is 1.67 bits per heavy atom. The van der Waals surface area contributed by atoms with E-state index < -0.39 is 0 Å². The predicted molar refractivity (Wildman–Crippen MR) is 38.0 cm³/mol. The van der Waals surface area contributed by atoms with E-state index in [-0.39, 0.29) is 8.80 Å². The molecule has 3 heteroatoms. The first kappa shape index (κ1) is 7.25. The highest BCUT2D eigenvalue weighted by Gasteiger charge is 2.22. The van der Waals surface area contributed by atoms with Gasteiger partial charge in [-0.05, 0) is 0 Å². The molecule has 0 aromatic carbocycles. The van der Waals surface area contributed by atoms with Crippen LogP contribution in [0.1, 0.15) is 0 Å². The maximum Gasteiger partial charge on any atom is 0.104 e. The lowest BCUT2D eigenvalue weighted by atomic mass is 10.5. The Kier molecular flexibility index (Phi) is 2.69. The van der Waals surface area contributed by atoms with Crippen LogP contribution in [-0.4, -0.2) is 34.3 Å². The van der Waals surface area contributed by atoms with E-state index in [1.165, 1.54) is 0 Å². The van der Waals surface area contributed by atoms with Gasteiger partial charge in [0.1, 0.15) is 6.10 Å². The van der Waals surface area contributed by atoms with Crippen LogP contribution >= 0.6 is 0 Å². The summed E-state index contributed by atoms with van der Waals surface area (Å²) < 4.78 is 10.3. The average Bonchev–Trinajstić information content (AvgIpc) is 2.48. The zero-order chi connectivity index (χ0) is 6.69. The van der Waals surface area contributed by atoms with Crippen molar-refractivity contribution in [3.05, 3.63) is 0 Å². The normalized spacial score (nSPS) is 25.0. The minimum atomic E-state index is -0.180. The molecule has 9 heavy (non-hydrogen) atoms. The molecule has 1 atom stereocenters. The molecule has 0 aromatic heterocycles. The summed E-state index contributed by atoms with van der Waals surface area (Å²) in [6.45, 7) is 6.22. The van der Waals surface area contributed by atoms with Gasteiger partial charge in [-0.1, -0.05) is 13.1 Å². The summed E-state index contributed by atoms with van der Waals surface area (Å²) in [5.74, 6) is 0. The van der Waals surface area contributed by atoms with Crippen molar-refractivity contribution >= 4 is 8.80 Å². The number of ether oxygens (including phenoxy) is 2. The molecule has 0 spiro atoms. The molecule has 1 aliphatic heterocycles. The Morgan fingerprint density at radius 2 is 2.33 bits per heavy atom. The summed E-state index contributed by atoms with van der Waals surface area (Å²) in [4.78, 5) is 0. The Balaban J connectivity index is 1.81. The highest BCUT2D eigenvalue weighted by molar-refractivity contribution is 6.55. The fourth-order valence-corrected chi connectivity index (χ4v) is 1.08. The molecule has 1 saturated heterocycles. The van der Waals surface area contributed by atoms with Crippen LogP contribution in [0, 0.1) is 0 Å². The van der Waals surface area contributed by atoms with Gasteiger partial charge >= 0.3 is 0 Å². The number of hydrogen-bond donors (Lipinski definition) is 0. The molecule has 1 radical (unpaired) electrons. The van der Waals surface area contributed by atoms with Crippen molar-refractivity contribution in [3.63, 3.8) is 0 Å². The monoisotopic (exact) mass is 145 g/mol. The minimum absolute atomic E-state index is 0.180. The van der Waals surface area contributed by atoms with Gasteiger partial charge in [0.05, 0.1) is 22.0 Å². The molecule has 1 aliphatic rings. The third-order valence-electron chi connectivity index (χ3n) is 1.10. The van der Waals surface area contributed by atoms with Crippen LogP contribution in [0.5, 0.6) is 0 Å². The van der Waals surface area contributed by atoms with Crippen LogP contribution < -0.4 is 0 Å². The molecular formula is C6H13O2Si. The van der Waals surface area contributed by atoms with Gasteiger partial charge in [-0.3, -0.25) is 0 Å². The molecule has 0 aromatic rings. The molecule has 0 bridgehead atoms. The third kappa shape index (κ3) is 3.67. The maximum absolute atomic E-state index is 5.34. The van der Waals surface area contributed by atoms with E-state index in [4.69, 9.17) is 9.47 Å². The molecule has 1 heterocycles. The van der Waals surface area contributed by atoms with E-state index in [0.717, 1.165) is 19.4 Å². The van der Waals surface area contributed by atoms with Gasteiger partial charge in [0.25, 0.3) is 0 Å². The van der Waals surface area contributed by atoms with Crippen molar-refractivity contribution < 1.29 is 9.47 Å². The smallest absolute Gasteiger partial charge is 0.104 e. The van der Waals surface area contributed by atoms with Crippen LogP contribution in [0.2, 0.25) is 13.1 Å². The van der Waals surface area contributed by atoms with Gasteiger partial charge < -0.3 is 9.47 Å². The summed E-state index contributed by atoms with van der Waals surface area (Å²) in [6.07, 6.45) is 1.40. The zero-order valence-electron chi connectivity index (χ0n) is 6.02. The summed E-state index contributed by atoms with van der Waals surface area (Å²) in [7, 11) is -0.180. The van der Waals surface area contributed by atoms with Crippen molar-refractivity contribution in [2.75, 3.05) is 19.4 Å². The molecule has 2 nitrogen and oxygen atoms in total. The quantitative estimate of drug-likeness (QED) is 0.429. The first-order valence-corrected chi connectivity index (χ1v) is 5.98. The Hall–Kier alpha value is 0.137. The van der Waals surface area contributed by atoms with Crippen LogP contribution in [0.4, 0.5) is 0 Å². The van der Waals surface area contributed by atoms with E-state index in [1.54, 1.807) is 0 Å². The molecule has 0 N–H and O–H groups in total. The largest absolute Gasteiger partial charge is 0.382 e. The summed E-state index contributed by atoms with van der Waals surface area (Å²) in [5.41, 5.74) is 0. The standard InChI is InChI=1S/C6H13O2Si/c1-9(2)5-7-3-6-4-8-6/h6H,3-5H2,1-2H3. The lowest BCUT2D eigenvalue weighted by Gasteiger charge is -2.01. The lowest BCUT2D eigenvalue weighted by molar-refractivity contribution is 0.152. The lowest BCUT2D eigenvalue weighted by Crippen LogP contribution is -2.14. The summed E-state index contributed by atoms with van der Waals surface area (Å²) >= 11 is 0. The number of epoxide rings is 1. The Labute approximate surface area is 57.8 Å². The van der Waals surface area contributed by atoms with Crippen LogP contribution in [0.25, 0.3) is 0 Å². The van der Waals surface area contributed by atoms with Gasteiger partial charge in [-0.15, -0.1) is 0 Å². The van der Waals surface area contributed by atoms with E-state index in [2.05, 4.69) is 13.1 Å². The van der Waals surface area contributed by atoms with Crippen LogP contribution in [-0.2, 0) is 9.47 Å². The Bertz CT molecular complexity index is 79.1. The molecule has 0 saturated carbocycles. The molecule has 1 unspecified atom stereocenters. The second-order valence-corrected chi connectivity index (χ2v) is 5.38. The van der Waals surface area contributed by atoms with Gasteiger partial charge in [0, 0.05) is 6.23 Å². The second kappa shape index (κ2) is 3.34. The molecule has 1 rings (SSSR count). The highest BCUT2D eigenvalue weighted by Crippen LogP contribution is 2.08. The van der Waals surface area contributed by atoms with Crippen molar-refractivity contribution in [3.8, 4) is 0 Å². The van der Waals surface area contributed by atoms with Crippen molar-refractivity contribution in [2.45, 2.75) is 19.2 Å². The topological polar surface area (TPSA) is 21.8 Å². The van der Waals surface area contributed by atoms with Crippen molar-refractivity contribution in [1.29, 1.82) is 0 Å². The molecule has 1 fully saturated rings. The number of hydrogen-bond acceptors (Lipinski definition) is 2. The van der Waals surface area contributed by atoms with Gasteiger partial charge in [-0.2, -0.15) is 0 Å². The van der Waals surface area contributed by atoms with Gasteiger partial charge in [0.15, 0.2) is 0 Å². The third-order valence-corrected chi connectivity index (χ3v) is 1.88. The van der Waals surface area contributed by atoms with E-state index in [1.807, 2.05) is 0 Å². The second-order valence-electron chi connectivity index (χ2n) is 2.68. The SMILES string of the molecule is C[Si](C)COCC1CO1. The molecule has 0 aliphatic carbocycles. The van der Waals surface area contributed by atoms with Crippen LogP contribution in [0.3, 0.4) is 0 Å². The van der Waals surface area contributed by atoms with E-state index >= 15 is 0 Å². The van der Waals surface area contributed by atoms with E-state index in [9.17, 15) is 0 Å². The van der Waals surface area contributed by atoms with Crippen molar-refractivity contribution in [2.24, 2.45) is 0 Å². The highest BCUT2D eigenvalue weighted by atomic mass is 28.3. The molecular weight excluding hydrogens is 132 g/mol. The Morgan fingerprint density at radius 3 is 2.78 bits per heavy atom.